The third-order valence-electron chi connectivity index (χ3n) is 1.91. The second-order valence-electron chi connectivity index (χ2n) is 3.01. The molecule has 0 fully saturated rings. The van der Waals surface area contributed by atoms with E-state index in [-0.39, 0.29) is 5.56 Å². The first-order valence-electron chi connectivity index (χ1n) is 4.09. The molecule has 0 aliphatic rings. The summed E-state index contributed by atoms with van der Waals surface area (Å²) in [6.07, 6.45) is -4.76. The van der Waals surface area contributed by atoms with Gasteiger partial charge in [0.25, 0.3) is 0 Å². The molecule has 1 rings (SSSR count). The van der Waals surface area contributed by atoms with Crippen molar-refractivity contribution in [2.45, 2.75) is 13.1 Å². The van der Waals surface area contributed by atoms with Crippen molar-refractivity contribution in [1.82, 2.24) is 0 Å². The summed E-state index contributed by atoms with van der Waals surface area (Å²) in [5.74, 6) is -0.841. The number of ketones is 1. The van der Waals surface area contributed by atoms with Gasteiger partial charge in [-0.15, -0.1) is 0 Å². The first-order valence-corrected chi connectivity index (χ1v) is 4.47. The van der Waals surface area contributed by atoms with Crippen LogP contribution in [-0.4, -0.2) is 5.78 Å². The van der Waals surface area contributed by atoms with E-state index in [1.165, 1.54) is 6.07 Å². The minimum Gasteiger partial charge on any atom is -0.294 e. The first-order chi connectivity index (χ1) is 7.29. The Balaban J connectivity index is 3.70. The summed E-state index contributed by atoms with van der Waals surface area (Å²) in [6, 6.07) is 3.58. The fourth-order valence-corrected chi connectivity index (χ4v) is 1.58. The van der Waals surface area contributed by atoms with E-state index < -0.39 is 28.1 Å². The van der Waals surface area contributed by atoms with Gasteiger partial charge in [0, 0.05) is 5.56 Å². The van der Waals surface area contributed by atoms with Crippen LogP contribution in [0.5, 0.6) is 0 Å². The third-order valence-corrected chi connectivity index (χ3v) is 2.23. The Labute approximate surface area is 94.2 Å². The van der Waals surface area contributed by atoms with Crippen LogP contribution in [0.2, 0.25) is 5.02 Å². The van der Waals surface area contributed by atoms with Crippen molar-refractivity contribution in [3.05, 3.63) is 33.8 Å². The minimum absolute atomic E-state index is 0.329. The normalized spacial score (nSPS) is 11.0. The largest absolute Gasteiger partial charge is 0.418 e. The van der Waals surface area contributed by atoms with E-state index in [0.29, 0.717) is 0 Å². The Hall–Kier alpha value is -1.54. The maximum atomic E-state index is 12.6. The van der Waals surface area contributed by atoms with Gasteiger partial charge in [-0.3, -0.25) is 4.79 Å². The average Bonchev–Trinajstić information content (AvgIpc) is 2.15. The number of carbonyl (C=O) groups is 1. The van der Waals surface area contributed by atoms with Crippen LogP contribution in [0.1, 0.15) is 28.4 Å². The molecule has 0 bridgehead atoms. The van der Waals surface area contributed by atoms with Gasteiger partial charge in [0.15, 0.2) is 5.78 Å². The Morgan fingerprint density at radius 2 is 2.00 bits per heavy atom. The van der Waals surface area contributed by atoms with Gasteiger partial charge in [-0.1, -0.05) is 11.6 Å². The van der Waals surface area contributed by atoms with Crippen molar-refractivity contribution in [2.75, 3.05) is 0 Å². The molecule has 0 atom stereocenters. The standard InChI is InChI=1S/C10H5ClF3NO/c1-5(16)8-6(4-15)2-3-7(11)9(8)10(12,13)14/h2-3H,1H3. The average molecular weight is 248 g/mol. The molecular formula is C10H5ClF3NO. The lowest BCUT2D eigenvalue weighted by Crippen LogP contribution is -2.14. The van der Waals surface area contributed by atoms with Gasteiger partial charge in [-0.25, -0.2) is 0 Å². The smallest absolute Gasteiger partial charge is 0.294 e. The highest BCUT2D eigenvalue weighted by Gasteiger charge is 2.38. The van der Waals surface area contributed by atoms with E-state index >= 15 is 0 Å². The summed E-state index contributed by atoms with van der Waals surface area (Å²) in [5, 5.41) is 8.05. The number of hydrogen-bond acceptors (Lipinski definition) is 2. The Bertz CT molecular complexity index is 488. The van der Waals surface area contributed by atoms with E-state index in [2.05, 4.69) is 0 Å². The Morgan fingerprint density at radius 1 is 1.44 bits per heavy atom. The van der Waals surface area contributed by atoms with Gasteiger partial charge in [0.1, 0.15) is 0 Å². The van der Waals surface area contributed by atoms with Crippen LogP contribution in [0, 0.1) is 11.3 Å². The molecule has 0 amide bonds. The summed E-state index contributed by atoms with van der Waals surface area (Å²) in [5.41, 5.74) is -2.26. The quantitative estimate of drug-likeness (QED) is 0.714. The highest BCUT2D eigenvalue weighted by molar-refractivity contribution is 6.32. The Morgan fingerprint density at radius 3 is 2.38 bits per heavy atom. The van der Waals surface area contributed by atoms with E-state index in [4.69, 9.17) is 16.9 Å². The van der Waals surface area contributed by atoms with Crippen LogP contribution < -0.4 is 0 Å². The van der Waals surface area contributed by atoms with Crippen molar-refractivity contribution < 1.29 is 18.0 Å². The van der Waals surface area contributed by atoms with E-state index in [1.54, 1.807) is 0 Å². The summed E-state index contributed by atoms with van der Waals surface area (Å²) in [6.45, 7) is 0.960. The molecule has 0 saturated carbocycles. The Kier molecular flexibility index (Phi) is 3.24. The zero-order chi connectivity index (χ0) is 12.5. The SMILES string of the molecule is CC(=O)c1c(C#N)ccc(Cl)c1C(F)(F)F. The molecule has 0 radical (unpaired) electrons. The fourth-order valence-electron chi connectivity index (χ4n) is 1.31. The van der Waals surface area contributed by atoms with Crippen molar-refractivity contribution >= 4 is 17.4 Å². The number of carbonyl (C=O) groups excluding carboxylic acids is 1. The molecule has 6 heteroatoms. The molecule has 0 unspecified atom stereocenters. The molecule has 0 heterocycles. The van der Waals surface area contributed by atoms with Crippen LogP contribution in [0.3, 0.4) is 0 Å². The molecule has 1 aromatic carbocycles. The minimum atomic E-state index is -4.76. The van der Waals surface area contributed by atoms with Gasteiger partial charge >= 0.3 is 6.18 Å². The lowest BCUT2D eigenvalue weighted by Gasteiger charge is -2.13. The highest BCUT2D eigenvalue weighted by atomic mass is 35.5. The van der Waals surface area contributed by atoms with Crippen LogP contribution in [0.15, 0.2) is 12.1 Å². The molecule has 1 aromatic rings. The highest BCUT2D eigenvalue weighted by Crippen LogP contribution is 2.38. The lowest BCUT2D eigenvalue weighted by atomic mass is 9.98. The van der Waals surface area contributed by atoms with Gasteiger partial charge in [0.2, 0.25) is 0 Å². The van der Waals surface area contributed by atoms with Crippen molar-refractivity contribution in [3.63, 3.8) is 0 Å². The van der Waals surface area contributed by atoms with Crippen molar-refractivity contribution in [1.29, 1.82) is 5.26 Å². The summed E-state index contributed by atoms with van der Waals surface area (Å²) >= 11 is 5.41. The van der Waals surface area contributed by atoms with E-state index in [0.717, 1.165) is 19.1 Å². The fraction of sp³-hybridized carbons (Fsp3) is 0.200. The van der Waals surface area contributed by atoms with Crippen LogP contribution in [0.25, 0.3) is 0 Å². The van der Waals surface area contributed by atoms with E-state index in [9.17, 15) is 18.0 Å². The van der Waals surface area contributed by atoms with Gasteiger partial charge in [-0.2, -0.15) is 18.4 Å². The van der Waals surface area contributed by atoms with Gasteiger partial charge in [0.05, 0.1) is 22.2 Å². The molecule has 2 nitrogen and oxygen atoms in total. The molecule has 0 aliphatic heterocycles. The maximum absolute atomic E-state index is 12.6. The van der Waals surface area contributed by atoms with Crippen LogP contribution in [-0.2, 0) is 6.18 Å². The zero-order valence-electron chi connectivity index (χ0n) is 8.02. The van der Waals surface area contributed by atoms with Crippen molar-refractivity contribution in [3.8, 4) is 6.07 Å². The number of Topliss-reactive ketones (excluding diaryl/α,β-unsaturated/α-hetero) is 1. The van der Waals surface area contributed by atoms with Crippen molar-refractivity contribution in [2.24, 2.45) is 0 Å². The summed E-state index contributed by atoms with van der Waals surface area (Å²) < 4.78 is 37.9. The predicted molar refractivity (Wildman–Crippen MR) is 51.2 cm³/mol. The summed E-state index contributed by atoms with van der Waals surface area (Å²) in [4.78, 5) is 11.1. The number of halogens is 4. The monoisotopic (exact) mass is 247 g/mol. The van der Waals surface area contributed by atoms with Gasteiger partial charge < -0.3 is 0 Å². The molecule has 0 aromatic heterocycles. The second kappa shape index (κ2) is 4.14. The topological polar surface area (TPSA) is 40.9 Å². The maximum Gasteiger partial charge on any atom is 0.418 e. The second-order valence-corrected chi connectivity index (χ2v) is 3.42. The molecule has 0 aliphatic carbocycles. The van der Waals surface area contributed by atoms with Crippen LogP contribution in [0.4, 0.5) is 13.2 Å². The number of rotatable bonds is 1. The number of alkyl halides is 3. The van der Waals surface area contributed by atoms with Crippen LogP contribution >= 0.6 is 11.6 Å². The molecule has 84 valence electrons. The number of hydrogen-bond donors (Lipinski definition) is 0. The number of nitriles is 1. The molecule has 16 heavy (non-hydrogen) atoms. The molecule has 0 N–H and O–H groups in total. The van der Waals surface area contributed by atoms with Gasteiger partial charge in [-0.05, 0) is 19.1 Å². The van der Waals surface area contributed by atoms with E-state index in [1.807, 2.05) is 0 Å². The number of benzene rings is 1. The molecule has 0 spiro atoms. The molecule has 0 saturated heterocycles. The summed E-state index contributed by atoms with van der Waals surface area (Å²) in [7, 11) is 0. The zero-order valence-corrected chi connectivity index (χ0v) is 8.78. The lowest BCUT2D eigenvalue weighted by molar-refractivity contribution is -0.137. The number of nitrogens with zero attached hydrogens (tertiary/aromatic N) is 1. The first kappa shape index (κ1) is 12.5. The predicted octanol–water partition coefficient (Wildman–Crippen LogP) is 3.43. The molecular weight excluding hydrogens is 243 g/mol. The third kappa shape index (κ3) is 2.17.